The van der Waals surface area contributed by atoms with Gasteiger partial charge in [-0.05, 0) is 19.4 Å². The largest absolute Gasteiger partial charge is 0.394 e. The van der Waals surface area contributed by atoms with Crippen LogP contribution in [-0.4, -0.2) is 52.9 Å². The lowest BCUT2D eigenvalue weighted by molar-refractivity contribution is 0.136. The molecule has 1 aliphatic rings. The molecule has 9 heteroatoms. The van der Waals surface area contributed by atoms with Gasteiger partial charge in [0.25, 0.3) is 0 Å². The van der Waals surface area contributed by atoms with Gasteiger partial charge in [0.15, 0.2) is 0 Å². The number of methoxy groups -OCH3 is 1. The molecule has 1 aromatic carbocycles. The minimum absolute atomic E-state index is 0. The Labute approximate surface area is 178 Å². The van der Waals surface area contributed by atoms with Crippen LogP contribution in [0.15, 0.2) is 36.5 Å². The summed E-state index contributed by atoms with van der Waals surface area (Å²) in [5.41, 5.74) is 2.04. The van der Waals surface area contributed by atoms with Crippen molar-refractivity contribution in [3.63, 3.8) is 0 Å². The van der Waals surface area contributed by atoms with Crippen LogP contribution in [0, 0.1) is 0 Å². The highest BCUT2D eigenvalue weighted by molar-refractivity contribution is 7.59. The summed E-state index contributed by atoms with van der Waals surface area (Å²) in [6.45, 7) is 5.31. The molecule has 0 spiro atoms. The number of benzene rings is 1. The number of aromatic nitrogens is 2. The van der Waals surface area contributed by atoms with Gasteiger partial charge in [0.1, 0.15) is 0 Å². The number of amides is 2. The van der Waals surface area contributed by atoms with Gasteiger partial charge in [0.05, 0.1) is 37.0 Å². The van der Waals surface area contributed by atoms with Crippen molar-refractivity contribution in [3.05, 3.63) is 53.3 Å². The summed E-state index contributed by atoms with van der Waals surface area (Å²) < 4.78 is 5.02. The first kappa shape index (κ1) is 22.9. The van der Waals surface area contributed by atoms with Crippen LogP contribution in [0.1, 0.15) is 36.7 Å². The zero-order valence-electron chi connectivity index (χ0n) is 17.0. The van der Waals surface area contributed by atoms with Crippen molar-refractivity contribution < 1.29 is 14.6 Å². The zero-order chi connectivity index (χ0) is 20.1. The lowest BCUT2D eigenvalue weighted by atomic mass is 9.97. The Kier molecular flexibility index (Phi) is 7.83. The summed E-state index contributed by atoms with van der Waals surface area (Å²) in [6.07, 6.45) is 1.77. The molecule has 29 heavy (non-hydrogen) atoms. The van der Waals surface area contributed by atoms with E-state index in [1.165, 1.54) is 0 Å². The third-order valence-corrected chi connectivity index (χ3v) is 5.03. The van der Waals surface area contributed by atoms with Gasteiger partial charge in [-0.25, -0.2) is 14.8 Å². The summed E-state index contributed by atoms with van der Waals surface area (Å²) in [6, 6.07) is 8.71. The van der Waals surface area contributed by atoms with E-state index in [-0.39, 0.29) is 26.1 Å². The Morgan fingerprint density at radius 1 is 1.34 bits per heavy atom. The number of aliphatic hydroxyl groups excluding tert-OH is 1. The molecule has 0 bridgehead atoms. The highest BCUT2D eigenvalue weighted by atomic mass is 32.1. The first-order valence-electron chi connectivity index (χ1n) is 9.30. The molecular weight excluding hydrogens is 390 g/mol. The highest BCUT2D eigenvalue weighted by Crippen LogP contribution is 2.38. The highest BCUT2D eigenvalue weighted by Gasteiger charge is 2.42. The summed E-state index contributed by atoms with van der Waals surface area (Å²) in [7, 11) is 1.64. The third kappa shape index (κ3) is 4.98. The smallest absolute Gasteiger partial charge is 0.319 e. The molecule has 0 saturated carbocycles. The van der Waals surface area contributed by atoms with Crippen LogP contribution in [0.2, 0.25) is 0 Å². The fourth-order valence-corrected chi connectivity index (χ4v) is 3.36. The van der Waals surface area contributed by atoms with E-state index >= 15 is 0 Å². The van der Waals surface area contributed by atoms with E-state index in [0.29, 0.717) is 25.6 Å². The van der Waals surface area contributed by atoms with Crippen molar-refractivity contribution in [2.75, 3.05) is 32.2 Å². The number of rotatable bonds is 7. The van der Waals surface area contributed by atoms with Crippen LogP contribution in [-0.2, 0) is 16.8 Å². The first-order chi connectivity index (χ1) is 13.5. The Balaban J connectivity index is 0.00000300. The van der Waals surface area contributed by atoms with E-state index in [1.54, 1.807) is 18.2 Å². The van der Waals surface area contributed by atoms with Crippen LogP contribution in [0.3, 0.4) is 0 Å². The fourth-order valence-electron chi connectivity index (χ4n) is 3.36. The second-order valence-corrected chi connectivity index (χ2v) is 7.21. The van der Waals surface area contributed by atoms with Crippen LogP contribution in [0.4, 0.5) is 10.7 Å². The van der Waals surface area contributed by atoms with Crippen LogP contribution in [0.25, 0.3) is 0 Å². The minimum atomic E-state index is -0.554. The predicted molar refractivity (Wildman–Crippen MR) is 116 cm³/mol. The molecule has 0 radical (unpaired) electrons. The maximum Gasteiger partial charge on any atom is 0.319 e. The molecule has 0 unspecified atom stereocenters. The van der Waals surface area contributed by atoms with Gasteiger partial charge in [-0.3, -0.25) is 0 Å². The third-order valence-electron chi connectivity index (χ3n) is 5.03. The monoisotopic (exact) mass is 419 g/mol. The van der Waals surface area contributed by atoms with Gasteiger partial charge in [-0.15, -0.1) is 0 Å². The number of aliphatic hydroxyl groups is 1. The second kappa shape index (κ2) is 9.91. The van der Waals surface area contributed by atoms with Crippen LogP contribution >= 0.6 is 13.5 Å². The first-order valence-corrected chi connectivity index (χ1v) is 9.30. The topological polar surface area (TPSA) is 99.6 Å². The van der Waals surface area contributed by atoms with Gasteiger partial charge in [0.2, 0.25) is 5.95 Å². The number of urea groups is 1. The van der Waals surface area contributed by atoms with Gasteiger partial charge < -0.3 is 25.4 Å². The molecule has 0 saturated heterocycles. The quantitative estimate of drug-likeness (QED) is 0.595. The Morgan fingerprint density at radius 2 is 2.07 bits per heavy atom. The summed E-state index contributed by atoms with van der Waals surface area (Å²) >= 11 is 0. The van der Waals surface area contributed by atoms with E-state index in [1.807, 2.05) is 44.2 Å². The molecule has 1 atom stereocenters. The van der Waals surface area contributed by atoms with Gasteiger partial charge in [-0.2, -0.15) is 13.5 Å². The van der Waals surface area contributed by atoms with Crippen molar-refractivity contribution in [1.29, 1.82) is 0 Å². The number of nitrogens with one attached hydrogen (secondary N) is 2. The van der Waals surface area contributed by atoms with E-state index in [2.05, 4.69) is 20.6 Å². The van der Waals surface area contributed by atoms with Crippen molar-refractivity contribution >= 4 is 25.5 Å². The van der Waals surface area contributed by atoms with Crippen LogP contribution in [0.5, 0.6) is 0 Å². The molecule has 0 fully saturated rings. The normalized spacial score (nSPS) is 15.2. The van der Waals surface area contributed by atoms with E-state index in [4.69, 9.17) is 4.74 Å². The Bertz CT molecular complexity index is 819. The molecule has 2 aromatic rings. The molecule has 8 nitrogen and oxygen atoms in total. The molecule has 3 N–H and O–H groups in total. The molecule has 2 amide bonds. The maximum absolute atomic E-state index is 13.0. The number of nitrogens with zero attached hydrogens (tertiary/aromatic N) is 3. The summed E-state index contributed by atoms with van der Waals surface area (Å²) in [4.78, 5) is 23.6. The zero-order valence-corrected chi connectivity index (χ0v) is 18.0. The Hall–Kier alpha value is -2.36. The molecular formula is C20H29N5O3S. The summed E-state index contributed by atoms with van der Waals surface area (Å²) in [5, 5.41) is 15.8. The van der Waals surface area contributed by atoms with Crippen molar-refractivity contribution in [2.24, 2.45) is 0 Å². The van der Waals surface area contributed by atoms with E-state index in [0.717, 1.165) is 16.8 Å². The second-order valence-electron chi connectivity index (χ2n) is 7.21. The molecule has 158 valence electrons. The average molecular weight is 420 g/mol. The molecule has 1 aromatic heterocycles. The molecule has 3 rings (SSSR count). The van der Waals surface area contributed by atoms with Crippen molar-refractivity contribution in [3.8, 4) is 0 Å². The van der Waals surface area contributed by atoms with Gasteiger partial charge >= 0.3 is 6.03 Å². The molecule has 2 heterocycles. The molecule has 1 aliphatic heterocycles. The number of ether oxygens (including phenoxy) is 1. The van der Waals surface area contributed by atoms with E-state index < -0.39 is 11.6 Å². The number of anilines is 1. The number of carbonyl (C=O) groups excluding carboxylic acids is 1. The molecule has 0 aliphatic carbocycles. The van der Waals surface area contributed by atoms with Crippen molar-refractivity contribution in [1.82, 2.24) is 20.2 Å². The Morgan fingerprint density at radius 3 is 2.72 bits per heavy atom. The average Bonchev–Trinajstić information content (AvgIpc) is 2.97. The predicted octanol–water partition coefficient (Wildman–Crippen LogP) is 2.14. The number of fused-ring (bicyclic) bond motifs is 1. The van der Waals surface area contributed by atoms with Crippen molar-refractivity contribution in [2.45, 2.75) is 32.0 Å². The van der Waals surface area contributed by atoms with Gasteiger partial charge in [-0.1, -0.05) is 30.3 Å². The fraction of sp³-hybridized carbons (Fsp3) is 0.450. The number of carbonyl (C=O) groups is 1. The SMILES string of the molecule is COCCNc1ncc2c(n1)CN(C(=O)N[C@H](CO)c1ccccc1)C2(C)C.S. The van der Waals surface area contributed by atoms with Gasteiger partial charge in [0, 0.05) is 25.4 Å². The lowest BCUT2D eigenvalue weighted by Gasteiger charge is -2.33. The van der Waals surface area contributed by atoms with E-state index in [9.17, 15) is 9.90 Å². The lowest BCUT2D eigenvalue weighted by Crippen LogP contribution is -2.47. The summed E-state index contributed by atoms with van der Waals surface area (Å²) in [5.74, 6) is 0.520. The minimum Gasteiger partial charge on any atom is -0.394 e. The maximum atomic E-state index is 13.0. The number of hydrogen-bond acceptors (Lipinski definition) is 6. The standard InChI is InChI=1S/C20H27N5O3.H2S/c1-20(2)15-11-22-18(21-9-10-28-3)23-16(15)12-25(20)19(27)24-17(13-26)14-7-5-4-6-8-14;/h4-8,11,17,26H,9-10,12-13H2,1-3H3,(H,24,27)(H,21,22,23);1H2/t17-;/m1./s1. The van der Waals surface area contributed by atoms with Crippen LogP contribution < -0.4 is 10.6 Å². The number of hydrogen-bond donors (Lipinski definition) is 3.